The molecule has 1 unspecified atom stereocenters. The van der Waals surface area contributed by atoms with Crippen LogP contribution in [0.25, 0.3) is 0 Å². The van der Waals surface area contributed by atoms with E-state index in [0.29, 0.717) is 19.4 Å². The minimum absolute atomic E-state index is 0.0206. The molecule has 1 atom stereocenters. The molecule has 0 radical (unpaired) electrons. The van der Waals surface area contributed by atoms with Crippen LogP contribution in [0.2, 0.25) is 0 Å². The molecule has 1 aliphatic rings. The highest BCUT2D eigenvalue weighted by Crippen LogP contribution is 2.24. The van der Waals surface area contributed by atoms with Gasteiger partial charge in [-0.3, -0.25) is 4.79 Å². The third kappa shape index (κ3) is 4.06. The van der Waals surface area contributed by atoms with E-state index in [2.05, 4.69) is 22.0 Å². The van der Waals surface area contributed by atoms with Crippen molar-refractivity contribution in [3.8, 4) is 0 Å². The maximum atomic E-state index is 12.2. The summed E-state index contributed by atoms with van der Waals surface area (Å²) in [4.78, 5) is 26.1. The Hall–Kier alpha value is -0.880. The van der Waals surface area contributed by atoms with Crippen LogP contribution in [0.3, 0.4) is 0 Å². The number of hydrogen-bond donors (Lipinski definition) is 1. The van der Waals surface area contributed by atoms with Crippen LogP contribution in [0.1, 0.15) is 37.0 Å². The van der Waals surface area contributed by atoms with E-state index in [1.54, 1.807) is 16.2 Å². The third-order valence-corrected chi connectivity index (χ3v) is 5.23. The number of aryl methyl sites for hydroxylation is 1. The Morgan fingerprint density at radius 3 is 2.85 bits per heavy atom. The van der Waals surface area contributed by atoms with Gasteiger partial charge in [0.1, 0.15) is 6.04 Å². The molecule has 1 saturated heterocycles. The first-order chi connectivity index (χ1) is 9.58. The number of thiophene rings is 1. The molecule has 6 heteroatoms. The van der Waals surface area contributed by atoms with E-state index in [0.717, 1.165) is 29.5 Å². The average Bonchev–Trinajstić information content (AvgIpc) is 2.84. The number of nitrogens with zero attached hydrogens (tertiary/aromatic N) is 1. The molecule has 1 aromatic rings. The highest BCUT2D eigenvalue weighted by molar-refractivity contribution is 9.11. The summed E-state index contributed by atoms with van der Waals surface area (Å²) in [5.41, 5.74) is 0. The van der Waals surface area contributed by atoms with Gasteiger partial charge in [-0.25, -0.2) is 4.79 Å². The van der Waals surface area contributed by atoms with Crippen molar-refractivity contribution in [3.05, 3.63) is 20.8 Å². The summed E-state index contributed by atoms with van der Waals surface area (Å²) < 4.78 is 1.10. The molecule has 4 nitrogen and oxygen atoms in total. The lowest BCUT2D eigenvalue weighted by atomic mass is 10.0. The maximum Gasteiger partial charge on any atom is 0.326 e. The van der Waals surface area contributed by atoms with Gasteiger partial charge in [0.25, 0.3) is 0 Å². The molecule has 1 aliphatic heterocycles. The number of carboxylic acids is 1. The molecular weight excluding hydrogens is 342 g/mol. The predicted molar refractivity (Wildman–Crippen MR) is 81.9 cm³/mol. The molecule has 110 valence electrons. The van der Waals surface area contributed by atoms with Crippen LogP contribution in [0, 0.1) is 0 Å². The van der Waals surface area contributed by atoms with Gasteiger partial charge in [-0.15, -0.1) is 11.3 Å². The van der Waals surface area contributed by atoms with Gasteiger partial charge in [-0.2, -0.15) is 0 Å². The van der Waals surface area contributed by atoms with Crippen LogP contribution in [-0.4, -0.2) is 34.5 Å². The lowest BCUT2D eigenvalue weighted by Gasteiger charge is -2.33. The number of hydrogen-bond acceptors (Lipinski definition) is 3. The number of amides is 1. The second-order valence-electron chi connectivity index (χ2n) is 5.00. The van der Waals surface area contributed by atoms with Gasteiger partial charge in [-0.05, 0) is 60.2 Å². The zero-order valence-electron chi connectivity index (χ0n) is 11.2. The van der Waals surface area contributed by atoms with Gasteiger partial charge < -0.3 is 10.0 Å². The van der Waals surface area contributed by atoms with Gasteiger partial charge in [0.15, 0.2) is 0 Å². The molecule has 1 N–H and O–H groups in total. The third-order valence-electron chi connectivity index (χ3n) is 3.55. The van der Waals surface area contributed by atoms with Crippen molar-refractivity contribution < 1.29 is 14.7 Å². The van der Waals surface area contributed by atoms with Crippen molar-refractivity contribution in [2.75, 3.05) is 6.54 Å². The number of likely N-dealkylation sites (tertiary alicyclic amines) is 1. The highest BCUT2D eigenvalue weighted by atomic mass is 79.9. The summed E-state index contributed by atoms with van der Waals surface area (Å²) in [6, 6.07) is 3.44. The van der Waals surface area contributed by atoms with Gasteiger partial charge in [0.2, 0.25) is 5.91 Å². The first-order valence-corrected chi connectivity index (χ1v) is 8.45. The molecule has 0 spiro atoms. The van der Waals surface area contributed by atoms with Crippen molar-refractivity contribution in [2.45, 2.75) is 44.6 Å². The molecule has 0 bridgehead atoms. The van der Waals surface area contributed by atoms with E-state index in [9.17, 15) is 9.59 Å². The standard InChI is InChI=1S/C14H18BrNO3S/c15-12-8-7-10(20-12)4-3-6-13(17)16-9-2-1-5-11(16)14(18)19/h7-8,11H,1-6,9H2,(H,18,19). The van der Waals surface area contributed by atoms with Crippen LogP contribution < -0.4 is 0 Å². The molecule has 20 heavy (non-hydrogen) atoms. The van der Waals surface area contributed by atoms with Crippen molar-refractivity contribution >= 4 is 39.1 Å². The zero-order valence-corrected chi connectivity index (χ0v) is 13.6. The molecule has 0 saturated carbocycles. The lowest BCUT2D eigenvalue weighted by Crippen LogP contribution is -2.47. The van der Waals surface area contributed by atoms with Crippen LogP contribution >= 0.6 is 27.3 Å². The maximum absolute atomic E-state index is 12.2. The molecule has 1 fully saturated rings. The number of carbonyl (C=O) groups is 2. The van der Waals surface area contributed by atoms with E-state index in [1.807, 2.05) is 6.07 Å². The zero-order chi connectivity index (χ0) is 14.5. The van der Waals surface area contributed by atoms with E-state index in [-0.39, 0.29) is 5.91 Å². The Balaban J connectivity index is 1.82. The molecular formula is C14H18BrNO3S. The molecule has 0 aliphatic carbocycles. The largest absolute Gasteiger partial charge is 0.480 e. The van der Waals surface area contributed by atoms with Crippen LogP contribution in [0.15, 0.2) is 15.9 Å². The van der Waals surface area contributed by atoms with Gasteiger partial charge in [0, 0.05) is 17.8 Å². The monoisotopic (exact) mass is 359 g/mol. The van der Waals surface area contributed by atoms with Crippen molar-refractivity contribution in [2.24, 2.45) is 0 Å². The molecule has 2 heterocycles. The fraction of sp³-hybridized carbons (Fsp3) is 0.571. The van der Waals surface area contributed by atoms with Crippen LogP contribution in [0.5, 0.6) is 0 Å². The van der Waals surface area contributed by atoms with Gasteiger partial charge in [0.05, 0.1) is 3.79 Å². The SMILES string of the molecule is O=C(O)C1CCCCN1C(=O)CCCc1ccc(Br)s1. The molecule has 1 amide bonds. The summed E-state index contributed by atoms with van der Waals surface area (Å²) in [5, 5.41) is 9.17. The van der Waals surface area contributed by atoms with Crippen molar-refractivity contribution in [1.29, 1.82) is 0 Å². The first-order valence-electron chi connectivity index (χ1n) is 6.84. The van der Waals surface area contributed by atoms with Crippen LogP contribution in [-0.2, 0) is 16.0 Å². The van der Waals surface area contributed by atoms with Crippen LogP contribution in [0.4, 0.5) is 0 Å². The number of carbonyl (C=O) groups excluding carboxylic acids is 1. The Morgan fingerprint density at radius 2 is 2.20 bits per heavy atom. The average molecular weight is 360 g/mol. The summed E-state index contributed by atoms with van der Waals surface area (Å²) >= 11 is 5.10. The number of carboxylic acid groups (broad SMARTS) is 1. The fourth-order valence-corrected chi connectivity index (χ4v) is 4.06. The highest BCUT2D eigenvalue weighted by Gasteiger charge is 2.31. The smallest absolute Gasteiger partial charge is 0.326 e. The molecule has 1 aromatic heterocycles. The van der Waals surface area contributed by atoms with Crippen molar-refractivity contribution in [1.82, 2.24) is 4.90 Å². The van der Waals surface area contributed by atoms with E-state index >= 15 is 0 Å². The summed E-state index contributed by atoms with van der Waals surface area (Å²) in [7, 11) is 0. The molecule has 2 rings (SSSR count). The van der Waals surface area contributed by atoms with Gasteiger partial charge >= 0.3 is 5.97 Å². The number of piperidine rings is 1. The first kappa shape index (κ1) is 15.5. The summed E-state index contributed by atoms with van der Waals surface area (Å²) in [5.74, 6) is -0.895. The summed E-state index contributed by atoms with van der Waals surface area (Å²) in [6.45, 7) is 0.584. The number of halogens is 1. The summed E-state index contributed by atoms with van der Waals surface area (Å²) in [6.07, 6.45) is 4.46. The predicted octanol–water partition coefficient (Wildman–Crippen LogP) is 3.30. The van der Waals surface area contributed by atoms with E-state index in [4.69, 9.17) is 5.11 Å². The van der Waals surface area contributed by atoms with E-state index in [1.165, 1.54) is 4.88 Å². The Labute approximate surface area is 130 Å². The molecule has 0 aromatic carbocycles. The topological polar surface area (TPSA) is 57.6 Å². The second-order valence-corrected chi connectivity index (χ2v) is 7.54. The lowest BCUT2D eigenvalue weighted by molar-refractivity contribution is -0.152. The number of rotatable bonds is 5. The fourth-order valence-electron chi connectivity index (χ4n) is 2.53. The Kier molecular flexibility index (Phi) is 5.60. The van der Waals surface area contributed by atoms with E-state index < -0.39 is 12.0 Å². The number of aliphatic carboxylic acids is 1. The normalized spacial score (nSPS) is 19.1. The van der Waals surface area contributed by atoms with Gasteiger partial charge in [-0.1, -0.05) is 0 Å². The Bertz CT molecular complexity index is 489. The quantitative estimate of drug-likeness (QED) is 0.877. The van der Waals surface area contributed by atoms with Crippen molar-refractivity contribution in [3.63, 3.8) is 0 Å². The minimum Gasteiger partial charge on any atom is -0.480 e. The second kappa shape index (κ2) is 7.22. The Morgan fingerprint density at radius 1 is 1.40 bits per heavy atom. The minimum atomic E-state index is -0.875.